The van der Waals surface area contributed by atoms with E-state index < -0.39 is 0 Å². The Hall–Kier alpha value is -8.34. The average molecular weight is 817 g/mol. The summed E-state index contributed by atoms with van der Waals surface area (Å²) >= 11 is 0. The fourth-order valence-corrected chi connectivity index (χ4v) is 10.4. The monoisotopic (exact) mass is 816 g/mol. The third-order valence-corrected chi connectivity index (χ3v) is 13.3. The number of anilines is 2. The largest absolute Gasteiger partial charge is 0.333 e. The van der Waals surface area contributed by atoms with Gasteiger partial charge in [0.05, 0.1) is 28.3 Å². The van der Waals surface area contributed by atoms with Crippen LogP contribution in [0.5, 0.6) is 0 Å². The van der Waals surface area contributed by atoms with E-state index in [4.69, 9.17) is 9.97 Å². The van der Waals surface area contributed by atoms with Gasteiger partial charge in [-0.25, -0.2) is 9.97 Å². The Morgan fingerprint density at radius 1 is 0.391 bits per heavy atom. The van der Waals surface area contributed by atoms with E-state index in [-0.39, 0.29) is 12.0 Å². The molecule has 0 bridgehead atoms. The molecule has 2 atom stereocenters. The van der Waals surface area contributed by atoms with E-state index in [9.17, 15) is 0 Å². The van der Waals surface area contributed by atoms with Crippen LogP contribution in [0.3, 0.4) is 0 Å². The predicted octanol–water partition coefficient (Wildman–Crippen LogP) is 15.1. The lowest BCUT2D eigenvalue weighted by Crippen LogP contribution is -2.30. The van der Waals surface area contributed by atoms with Crippen LogP contribution in [0.15, 0.2) is 224 Å². The second kappa shape index (κ2) is 14.6. The lowest BCUT2D eigenvalue weighted by molar-refractivity contribution is 0.725. The molecule has 2 aromatic heterocycles. The molecule has 0 fully saturated rings. The topological polar surface area (TPSA) is 34.0 Å². The molecule has 1 aliphatic heterocycles. The summed E-state index contributed by atoms with van der Waals surface area (Å²) < 4.78 is 2.23. The molecule has 0 radical (unpaired) electrons. The van der Waals surface area contributed by atoms with Gasteiger partial charge < -0.3 is 4.90 Å². The molecule has 13 rings (SSSR count). The zero-order chi connectivity index (χ0) is 42.1. The molecule has 0 saturated heterocycles. The van der Waals surface area contributed by atoms with Crippen LogP contribution in [-0.2, 0) is 0 Å². The van der Waals surface area contributed by atoms with E-state index in [1.165, 1.54) is 72.2 Å². The second-order valence-corrected chi connectivity index (χ2v) is 16.9. The molecule has 11 aromatic rings. The van der Waals surface area contributed by atoms with Crippen LogP contribution in [-0.4, -0.2) is 20.6 Å². The highest BCUT2D eigenvalue weighted by Crippen LogP contribution is 2.53. The van der Waals surface area contributed by atoms with Gasteiger partial charge >= 0.3 is 0 Å². The number of rotatable bonds is 6. The Kier molecular flexibility index (Phi) is 8.31. The summed E-state index contributed by atoms with van der Waals surface area (Å²) in [6.07, 6.45) is 4.74. The molecule has 9 aromatic carbocycles. The van der Waals surface area contributed by atoms with Crippen LogP contribution in [0.2, 0.25) is 0 Å². The van der Waals surface area contributed by atoms with E-state index in [0.717, 1.165) is 33.2 Å². The van der Waals surface area contributed by atoms with Gasteiger partial charge in [0.2, 0.25) is 5.95 Å². The minimum Gasteiger partial charge on any atom is -0.333 e. The van der Waals surface area contributed by atoms with E-state index >= 15 is 0 Å². The Labute approximate surface area is 371 Å². The molecule has 300 valence electrons. The molecule has 1 aliphatic carbocycles. The molecule has 2 unspecified atom stereocenters. The van der Waals surface area contributed by atoms with E-state index in [2.05, 4.69) is 234 Å². The van der Waals surface area contributed by atoms with Crippen molar-refractivity contribution < 1.29 is 0 Å². The first kappa shape index (κ1) is 36.3. The molecule has 64 heavy (non-hydrogen) atoms. The first-order valence-electron chi connectivity index (χ1n) is 22.1. The van der Waals surface area contributed by atoms with E-state index in [1.54, 1.807) is 0 Å². The Morgan fingerprint density at radius 2 is 1.00 bits per heavy atom. The quantitative estimate of drug-likeness (QED) is 0.168. The SMILES string of the molecule is C1=CC2C(c3ccccc31)c1cc(-c3ccc4c(c3)c3ccccc3n4-c3nc(-c4ccccc4)c4ccccc4n3)ccc1N2c1cc(-c2ccccc2)cc(-c2ccccc2)c1. The number of nitrogens with zero attached hydrogens (tertiary/aromatic N) is 4. The van der Waals surface area contributed by atoms with Crippen molar-refractivity contribution in [1.29, 1.82) is 0 Å². The molecule has 0 spiro atoms. The molecule has 0 saturated carbocycles. The minimum atomic E-state index is 0.109. The number of hydrogen-bond acceptors (Lipinski definition) is 3. The van der Waals surface area contributed by atoms with Crippen LogP contribution >= 0.6 is 0 Å². The van der Waals surface area contributed by atoms with Crippen LogP contribution in [0.4, 0.5) is 11.4 Å². The fraction of sp³-hybridized carbons (Fsp3) is 0.0333. The van der Waals surface area contributed by atoms with Crippen molar-refractivity contribution in [2.75, 3.05) is 4.90 Å². The number of para-hydroxylation sites is 2. The highest BCUT2D eigenvalue weighted by Gasteiger charge is 2.41. The van der Waals surface area contributed by atoms with Crippen molar-refractivity contribution >= 4 is 50.2 Å². The molecule has 0 amide bonds. The molecule has 4 heteroatoms. The highest BCUT2D eigenvalue weighted by molar-refractivity contribution is 6.10. The Balaban J connectivity index is 0.975. The van der Waals surface area contributed by atoms with Gasteiger partial charge in [-0.3, -0.25) is 4.57 Å². The smallest absolute Gasteiger partial charge is 0.235 e. The lowest BCUT2D eigenvalue weighted by Gasteiger charge is -2.32. The maximum Gasteiger partial charge on any atom is 0.235 e. The summed E-state index contributed by atoms with van der Waals surface area (Å²) in [6.45, 7) is 0. The Bertz CT molecular complexity index is 3570. The van der Waals surface area contributed by atoms with Crippen molar-refractivity contribution in [3.05, 3.63) is 241 Å². The third-order valence-electron chi connectivity index (χ3n) is 13.3. The molecule has 3 heterocycles. The number of aromatic nitrogens is 3. The Morgan fingerprint density at radius 3 is 1.77 bits per heavy atom. The molecule has 0 N–H and O–H groups in total. The van der Waals surface area contributed by atoms with Gasteiger partial charge in [0.1, 0.15) is 0 Å². The molecule has 2 aliphatic rings. The normalized spacial score (nSPS) is 15.1. The predicted molar refractivity (Wildman–Crippen MR) is 265 cm³/mol. The maximum atomic E-state index is 5.31. The summed E-state index contributed by atoms with van der Waals surface area (Å²) in [5.41, 5.74) is 18.7. The van der Waals surface area contributed by atoms with Gasteiger partial charge in [-0.2, -0.15) is 0 Å². The molecular formula is C60H40N4. The summed E-state index contributed by atoms with van der Waals surface area (Å²) in [4.78, 5) is 13.1. The number of benzene rings is 9. The van der Waals surface area contributed by atoms with Crippen molar-refractivity contribution in [3.8, 4) is 50.6 Å². The van der Waals surface area contributed by atoms with Gasteiger partial charge in [0, 0.05) is 39.0 Å². The fourth-order valence-electron chi connectivity index (χ4n) is 10.4. The summed E-state index contributed by atoms with van der Waals surface area (Å²) in [5.74, 6) is 0.821. The van der Waals surface area contributed by atoms with Crippen LogP contribution in [0.25, 0.3) is 89.4 Å². The summed E-state index contributed by atoms with van der Waals surface area (Å²) in [6, 6.07) is 79.1. The number of hydrogen-bond donors (Lipinski definition) is 0. The van der Waals surface area contributed by atoms with Gasteiger partial charge in [-0.05, 0) is 105 Å². The number of fused-ring (bicyclic) bond motifs is 9. The average Bonchev–Trinajstić information content (AvgIpc) is 3.89. The van der Waals surface area contributed by atoms with Crippen molar-refractivity contribution in [2.24, 2.45) is 0 Å². The van der Waals surface area contributed by atoms with E-state index in [1.807, 2.05) is 6.07 Å². The van der Waals surface area contributed by atoms with Crippen molar-refractivity contribution in [3.63, 3.8) is 0 Å². The zero-order valence-corrected chi connectivity index (χ0v) is 34.9. The summed E-state index contributed by atoms with van der Waals surface area (Å²) in [5, 5.41) is 3.38. The summed E-state index contributed by atoms with van der Waals surface area (Å²) in [7, 11) is 0. The first-order valence-corrected chi connectivity index (χ1v) is 22.1. The van der Waals surface area contributed by atoms with Gasteiger partial charge in [0.25, 0.3) is 0 Å². The van der Waals surface area contributed by atoms with Gasteiger partial charge in [-0.1, -0.05) is 176 Å². The van der Waals surface area contributed by atoms with E-state index in [0.29, 0.717) is 5.95 Å². The zero-order valence-electron chi connectivity index (χ0n) is 34.9. The van der Waals surface area contributed by atoms with Crippen molar-refractivity contribution in [2.45, 2.75) is 12.0 Å². The first-order chi connectivity index (χ1) is 31.7. The van der Waals surface area contributed by atoms with Gasteiger partial charge in [0.15, 0.2) is 0 Å². The minimum absolute atomic E-state index is 0.109. The van der Waals surface area contributed by atoms with Crippen LogP contribution < -0.4 is 4.90 Å². The van der Waals surface area contributed by atoms with Crippen LogP contribution in [0, 0.1) is 0 Å². The van der Waals surface area contributed by atoms with Crippen LogP contribution in [0.1, 0.15) is 22.6 Å². The molecule has 4 nitrogen and oxygen atoms in total. The second-order valence-electron chi connectivity index (χ2n) is 16.9. The molecular weight excluding hydrogens is 777 g/mol. The maximum absolute atomic E-state index is 5.31. The standard InChI is InChI=1S/C60H40N4/c1-4-16-39(17-5-1)45-34-46(40-18-6-2-7-19-40)36-47(35-45)63-56-32-30-44(38-52(56)58-48-23-11-10-20-41(48)28-33-57(58)63)43-29-31-55-51(37-43)49-24-13-15-27-54(49)64(55)60-61-53-26-14-12-25-50(53)59(62-60)42-21-8-3-9-22-42/h1-38,57-58H. The van der Waals surface area contributed by atoms with Gasteiger partial charge in [-0.15, -0.1) is 0 Å². The highest BCUT2D eigenvalue weighted by atomic mass is 15.2. The third kappa shape index (κ3) is 5.84. The lowest BCUT2D eigenvalue weighted by atomic mass is 9.80. The van der Waals surface area contributed by atoms with Crippen molar-refractivity contribution in [1.82, 2.24) is 14.5 Å².